The number of hydrogen-bond donors (Lipinski definition) is 4. The van der Waals surface area contributed by atoms with E-state index in [0.717, 1.165) is 24.5 Å². The fourth-order valence-corrected chi connectivity index (χ4v) is 8.48. The van der Waals surface area contributed by atoms with Crippen LogP contribution in [0.3, 0.4) is 0 Å². The van der Waals surface area contributed by atoms with E-state index in [4.69, 9.17) is 34.7 Å². The van der Waals surface area contributed by atoms with Gasteiger partial charge >= 0.3 is 178 Å². The van der Waals surface area contributed by atoms with E-state index in [0.29, 0.717) is 21.4 Å². The van der Waals surface area contributed by atoms with Crippen molar-refractivity contribution in [2.75, 3.05) is 53.9 Å². The van der Waals surface area contributed by atoms with Crippen LogP contribution in [0.1, 0.15) is 12.8 Å². The summed E-state index contributed by atoms with van der Waals surface area (Å²) in [5.41, 5.74) is 14.8. The van der Waals surface area contributed by atoms with E-state index < -0.39 is 18.4 Å². The zero-order chi connectivity index (χ0) is 19.9. The number of anilines is 4. The molecule has 0 radical (unpaired) electrons. The summed E-state index contributed by atoms with van der Waals surface area (Å²) >= 11 is 10.5. The van der Waals surface area contributed by atoms with Crippen LogP contribution in [0.25, 0.3) is 0 Å². The van der Waals surface area contributed by atoms with E-state index in [1.807, 2.05) is 36.4 Å². The summed E-state index contributed by atoms with van der Waals surface area (Å²) in [6, 6.07) is 11.4. The predicted molar refractivity (Wildman–Crippen MR) is 120 cm³/mol. The molecule has 6 N–H and O–H groups in total. The Morgan fingerprint density at radius 3 is 1.56 bits per heavy atom. The molecule has 2 aromatic carbocycles. The van der Waals surface area contributed by atoms with Gasteiger partial charge in [-0.15, -0.1) is 0 Å². The monoisotopic (exact) mass is 523 g/mol. The average Bonchev–Trinajstić information content (AvgIpc) is 2.62. The van der Waals surface area contributed by atoms with Gasteiger partial charge < -0.3 is 0 Å². The first-order chi connectivity index (χ1) is 12.8. The number of alkyl halides is 4. The van der Waals surface area contributed by atoms with E-state index in [1.165, 1.54) is 21.7 Å². The summed E-state index contributed by atoms with van der Waals surface area (Å²) in [7, 11) is 0. The molecular weight excluding hydrogens is 494 g/mol. The molecule has 7 heteroatoms. The number of nitrogens with two attached hydrogens (primary N) is 2. The number of rotatable bonds is 10. The molecule has 4 nitrogen and oxygen atoms in total. The van der Waals surface area contributed by atoms with Crippen LogP contribution in [0.15, 0.2) is 36.4 Å². The van der Waals surface area contributed by atoms with Crippen molar-refractivity contribution in [3.05, 3.63) is 46.4 Å². The van der Waals surface area contributed by atoms with Crippen LogP contribution in [-0.4, -0.2) is 31.8 Å². The molecule has 0 fully saturated rings. The standard InChI is InChI=1S/C20H30Cl2IN4/c1-23(2,9-3-11-26-15-5-7-19(24)17(21)13-15)10-4-12-27-16-6-8-20(25)18(22)14-16/h5-8,13-14,26-27H,3-4,9-12,24-25H2,1-2H3/q-1. The van der Waals surface area contributed by atoms with Gasteiger partial charge in [-0.25, -0.2) is 0 Å². The van der Waals surface area contributed by atoms with E-state index >= 15 is 0 Å². The topological polar surface area (TPSA) is 76.1 Å². The third-order valence-corrected chi connectivity index (χ3v) is 12.3. The number of benzene rings is 2. The van der Waals surface area contributed by atoms with Crippen molar-refractivity contribution < 1.29 is 18.4 Å². The molecule has 0 aliphatic heterocycles. The normalized spacial score (nSPS) is 12.0. The maximum absolute atomic E-state index is 6.06. The van der Waals surface area contributed by atoms with Crippen molar-refractivity contribution in [2.45, 2.75) is 12.8 Å². The van der Waals surface area contributed by atoms with Crippen LogP contribution in [0.2, 0.25) is 10.0 Å². The molecule has 0 aliphatic rings. The van der Waals surface area contributed by atoms with Gasteiger partial charge in [-0.1, -0.05) is 0 Å². The fraction of sp³-hybridized carbons (Fsp3) is 0.400. The zero-order valence-electron chi connectivity index (χ0n) is 16.0. The second kappa shape index (κ2) is 10.5. The van der Waals surface area contributed by atoms with Crippen molar-refractivity contribution in [1.82, 2.24) is 0 Å². The first-order valence-electron chi connectivity index (χ1n) is 8.93. The van der Waals surface area contributed by atoms with Crippen LogP contribution >= 0.6 is 23.2 Å². The summed E-state index contributed by atoms with van der Waals surface area (Å²) in [5, 5.41) is 8.08. The van der Waals surface area contributed by atoms with Gasteiger partial charge in [-0.3, -0.25) is 0 Å². The quantitative estimate of drug-likeness (QED) is 0.166. The number of halogens is 3. The number of hydrogen-bond acceptors (Lipinski definition) is 4. The molecule has 0 spiro atoms. The summed E-state index contributed by atoms with van der Waals surface area (Å²) in [5.74, 6) is 0. The van der Waals surface area contributed by atoms with Gasteiger partial charge in [0, 0.05) is 0 Å². The molecule has 0 saturated heterocycles. The Morgan fingerprint density at radius 1 is 0.778 bits per heavy atom. The third kappa shape index (κ3) is 7.84. The van der Waals surface area contributed by atoms with Crippen molar-refractivity contribution >= 4 is 46.0 Å². The van der Waals surface area contributed by atoms with E-state index in [9.17, 15) is 0 Å². The predicted octanol–water partition coefficient (Wildman–Crippen LogP) is 1.88. The Morgan fingerprint density at radius 2 is 1.19 bits per heavy atom. The fourth-order valence-electron chi connectivity index (χ4n) is 2.69. The molecule has 0 unspecified atom stereocenters. The SMILES string of the molecule is C[I-](C)(CCCNc1ccc(N)c(Cl)c1)CCCNc1ccc(N)c(Cl)c1. The van der Waals surface area contributed by atoms with Crippen molar-refractivity contribution in [1.29, 1.82) is 0 Å². The van der Waals surface area contributed by atoms with Crippen LogP contribution < -0.4 is 40.5 Å². The van der Waals surface area contributed by atoms with Crippen LogP contribution in [0, 0.1) is 0 Å². The molecule has 2 aromatic rings. The maximum atomic E-state index is 6.06. The Kier molecular flexibility index (Phi) is 8.63. The van der Waals surface area contributed by atoms with Gasteiger partial charge in [0.2, 0.25) is 0 Å². The molecule has 0 heterocycles. The minimum atomic E-state index is -1.63. The molecule has 2 rings (SSSR count). The molecular formula is C20H30Cl2IN4-. The van der Waals surface area contributed by atoms with Gasteiger partial charge in [-0.2, -0.15) is 0 Å². The minimum absolute atomic E-state index is 0.604. The second-order valence-corrected chi connectivity index (χ2v) is 19.4. The van der Waals surface area contributed by atoms with Gasteiger partial charge in [0.05, 0.1) is 0 Å². The molecule has 0 atom stereocenters. The molecule has 0 bridgehead atoms. The number of nitrogen functional groups attached to an aromatic ring is 2. The van der Waals surface area contributed by atoms with Crippen LogP contribution in [0.4, 0.5) is 22.7 Å². The third-order valence-electron chi connectivity index (χ3n) is 4.30. The summed E-state index contributed by atoms with van der Waals surface area (Å²) in [4.78, 5) is 5.01. The Balaban J connectivity index is 1.64. The molecule has 0 aromatic heterocycles. The molecule has 0 aliphatic carbocycles. The van der Waals surface area contributed by atoms with Gasteiger partial charge in [0.1, 0.15) is 0 Å². The first kappa shape index (κ1) is 22.2. The van der Waals surface area contributed by atoms with Crippen LogP contribution in [0.5, 0.6) is 0 Å². The van der Waals surface area contributed by atoms with E-state index in [1.54, 1.807) is 0 Å². The van der Waals surface area contributed by atoms with Crippen molar-refractivity contribution in [2.24, 2.45) is 0 Å². The Hall–Kier alpha value is -1.05. The number of nitrogens with one attached hydrogen (secondary N) is 2. The van der Waals surface area contributed by atoms with E-state index in [2.05, 4.69) is 20.5 Å². The van der Waals surface area contributed by atoms with Crippen molar-refractivity contribution in [3.8, 4) is 0 Å². The summed E-state index contributed by atoms with van der Waals surface area (Å²) in [6.45, 7) is 1.93. The van der Waals surface area contributed by atoms with E-state index in [-0.39, 0.29) is 0 Å². The summed E-state index contributed by atoms with van der Waals surface area (Å²) < 4.78 is 2.69. The Bertz CT molecular complexity index is 691. The molecule has 0 amide bonds. The van der Waals surface area contributed by atoms with Crippen molar-refractivity contribution in [3.63, 3.8) is 0 Å². The van der Waals surface area contributed by atoms with Gasteiger partial charge in [0.15, 0.2) is 0 Å². The molecule has 0 saturated carbocycles. The summed E-state index contributed by atoms with van der Waals surface area (Å²) in [6.07, 6.45) is 2.37. The molecule has 27 heavy (non-hydrogen) atoms. The van der Waals surface area contributed by atoms with Gasteiger partial charge in [0.25, 0.3) is 0 Å². The van der Waals surface area contributed by atoms with Crippen LogP contribution in [-0.2, 0) is 0 Å². The Labute approximate surface area is 176 Å². The second-order valence-electron chi connectivity index (χ2n) is 7.05. The van der Waals surface area contributed by atoms with Gasteiger partial charge in [-0.05, 0) is 0 Å². The average molecular weight is 524 g/mol. The first-order valence-corrected chi connectivity index (χ1v) is 17.1. The molecule has 152 valence electrons. The zero-order valence-corrected chi connectivity index (χ0v) is 19.7.